The molecule has 2 atom stereocenters. The summed E-state index contributed by atoms with van der Waals surface area (Å²) < 4.78 is 27.1. The van der Waals surface area contributed by atoms with Gasteiger partial charge in [-0.1, -0.05) is 12.1 Å². The first-order valence-corrected chi connectivity index (χ1v) is 3.35. The van der Waals surface area contributed by atoms with Crippen LogP contribution >= 0.6 is 0 Å². The molecule has 0 aliphatic rings. The Morgan fingerprint density at radius 1 is 1.50 bits per heavy atom. The van der Waals surface area contributed by atoms with Crippen molar-refractivity contribution in [2.45, 2.75) is 12.8 Å². The minimum Gasteiger partial charge on any atom is -0.481 e. The van der Waals surface area contributed by atoms with Gasteiger partial charge in [-0.15, -0.1) is 0 Å². The Labute approximate surface area is 72.5 Å². The lowest BCUT2D eigenvalue weighted by Gasteiger charge is -1.96. The van der Waals surface area contributed by atoms with Crippen LogP contribution in [0.25, 0.3) is 0 Å². The van der Waals surface area contributed by atoms with Crippen molar-refractivity contribution in [1.82, 2.24) is 0 Å². The van der Waals surface area contributed by atoms with Crippen molar-refractivity contribution >= 4 is 5.97 Å². The SMILES string of the molecule is [2H]C(C(=O)O)C([2H])c1ccc(F)cc1. The molecular formula is C9H9FO2. The second kappa shape index (κ2) is 3.85. The van der Waals surface area contributed by atoms with Crippen molar-refractivity contribution < 1.29 is 17.0 Å². The van der Waals surface area contributed by atoms with E-state index in [2.05, 4.69) is 0 Å². The Balaban J connectivity index is 2.84. The fraction of sp³-hybridized carbons (Fsp3) is 0.222. The van der Waals surface area contributed by atoms with Crippen LogP contribution in [0.1, 0.15) is 14.7 Å². The predicted octanol–water partition coefficient (Wildman–Crippen LogP) is 1.84. The third-order valence-corrected chi connectivity index (χ3v) is 1.29. The van der Waals surface area contributed by atoms with E-state index in [1.54, 1.807) is 0 Å². The number of halogens is 1. The first-order valence-electron chi connectivity index (χ1n) is 4.50. The third-order valence-electron chi connectivity index (χ3n) is 1.29. The van der Waals surface area contributed by atoms with E-state index in [1.165, 1.54) is 12.1 Å². The number of hydrogen-bond acceptors (Lipinski definition) is 1. The second-order valence-electron chi connectivity index (χ2n) is 2.22. The highest BCUT2D eigenvalue weighted by molar-refractivity contribution is 5.67. The van der Waals surface area contributed by atoms with Gasteiger partial charge in [-0.25, -0.2) is 4.39 Å². The molecule has 0 bridgehead atoms. The molecule has 0 aliphatic carbocycles. The standard InChI is InChI=1S/C9H9FO2/c10-8-4-1-7(2-5-8)3-6-9(11)12/h1-2,4-5H,3,6H2,(H,11,12)/i3D,6D. The quantitative estimate of drug-likeness (QED) is 0.751. The predicted molar refractivity (Wildman–Crippen MR) is 42.4 cm³/mol. The molecule has 0 aliphatic heterocycles. The molecule has 1 rings (SSSR count). The van der Waals surface area contributed by atoms with Crippen LogP contribution in [0, 0.1) is 5.82 Å². The normalized spacial score (nSPS) is 17.4. The van der Waals surface area contributed by atoms with Gasteiger partial charge in [0.1, 0.15) is 5.82 Å². The van der Waals surface area contributed by atoms with E-state index in [4.69, 9.17) is 7.85 Å². The summed E-state index contributed by atoms with van der Waals surface area (Å²) in [5.74, 6) is -1.80. The summed E-state index contributed by atoms with van der Waals surface area (Å²) in [4.78, 5) is 10.4. The molecular weight excluding hydrogens is 159 g/mol. The van der Waals surface area contributed by atoms with Crippen LogP contribution in [0.4, 0.5) is 4.39 Å². The van der Waals surface area contributed by atoms with Crippen molar-refractivity contribution in [2.24, 2.45) is 0 Å². The van der Waals surface area contributed by atoms with Gasteiger partial charge in [0.25, 0.3) is 0 Å². The van der Waals surface area contributed by atoms with E-state index in [-0.39, 0.29) is 0 Å². The van der Waals surface area contributed by atoms with E-state index >= 15 is 0 Å². The number of benzene rings is 1. The highest BCUT2D eigenvalue weighted by Gasteiger charge is 1.98. The molecule has 0 saturated heterocycles. The average Bonchev–Trinajstić information content (AvgIpc) is 2.16. The Hall–Kier alpha value is -1.38. The molecule has 0 saturated carbocycles. The highest BCUT2D eigenvalue weighted by atomic mass is 19.1. The molecule has 3 heteroatoms. The molecule has 1 aromatic rings. The molecule has 0 spiro atoms. The number of carboxylic acids is 1. The smallest absolute Gasteiger partial charge is 0.303 e. The van der Waals surface area contributed by atoms with Crippen LogP contribution in [-0.4, -0.2) is 11.1 Å². The zero-order valence-corrected chi connectivity index (χ0v) is 6.20. The number of rotatable bonds is 3. The van der Waals surface area contributed by atoms with Crippen molar-refractivity contribution in [2.75, 3.05) is 0 Å². The Bertz CT molecular complexity index is 326. The van der Waals surface area contributed by atoms with Crippen molar-refractivity contribution in [3.05, 3.63) is 35.6 Å². The molecule has 0 aromatic heterocycles. The highest BCUT2D eigenvalue weighted by Crippen LogP contribution is 2.04. The third kappa shape index (κ3) is 2.70. The van der Waals surface area contributed by atoms with Gasteiger partial charge in [-0.2, -0.15) is 0 Å². The molecule has 0 heterocycles. The molecule has 2 nitrogen and oxygen atoms in total. The maximum atomic E-state index is 12.5. The van der Waals surface area contributed by atoms with Gasteiger partial charge < -0.3 is 5.11 Å². The summed E-state index contributed by atoms with van der Waals surface area (Å²) in [7, 11) is 0. The van der Waals surface area contributed by atoms with Gasteiger partial charge in [0, 0.05) is 9.14 Å². The molecule has 0 radical (unpaired) electrons. The van der Waals surface area contributed by atoms with Gasteiger partial charge in [0.05, 0.1) is 0 Å². The lowest BCUT2D eigenvalue weighted by atomic mass is 10.1. The van der Waals surface area contributed by atoms with Gasteiger partial charge in [0.15, 0.2) is 0 Å². The molecule has 12 heavy (non-hydrogen) atoms. The summed E-state index contributed by atoms with van der Waals surface area (Å²) in [6.07, 6.45) is -2.73. The largest absolute Gasteiger partial charge is 0.481 e. The lowest BCUT2D eigenvalue weighted by Crippen LogP contribution is -1.97. The molecule has 64 valence electrons. The van der Waals surface area contributed by atoms with Crippen molar-refractivity contribution in [1.29, 1.82) is 0 Å². The Morgan fingerprint density at radius 3 is 2.58 bits per heavy atom. The minimum absolute atomic E-state index is 0.328. The molecule has 1 aromatic carbocycles. The molecule has 2 unspecified atom stereocenters. The van der Waals surface area contributed by atoms with Crippen LogP contribution in [0.2, 0.25) is 0 Å². The summed E-state index contributed by atoms with van der Waals surface area (Å²) in [5.41, 5.74) is 0.328. The first-order chi connectivity index (χ1) is 6.52. The summed E-state index contributed by atoms with van der Waals surface area (Å²) in [6.45, 7) is 0. The number of hydrogen-bond donors (Lipinski definition) is 1. The molecule has 0 amide bonds. The van der Waals surface area contributed by atoms with Gasteiger partial charge in [-0.3, -0.25) is 4.79 Å². The van der Waals surface area contributed by atoms with Crippen molar-refractivity contribution in [3.63, 3.8) is 0 Å². The number of aliphatic carboxylic acids is 1. The van der Waals surface area contributed by atoms with E-state index in [0.717, 1.165) is 12.1 Å². The Kier molecular flexibility index (Phi) is 1.98. The van der Waals surface area contributed by atoms with Crippen molar-refractivity contribution in [3.8, 4) is 0 Å². The first kappa shape index (κ1) is 6.17. The summed E-state index contributed by atoms with van der Waals surface area (Å²) in [5, 5.41) is 8.49. The van der Waals surface area contributed by atoms with E-state index in [9.17, 15) is 9.18 Å². The van der Waals surface area contributed by atoms with Gasteiger partial charge in [0.2, 0.25) is 0 Å². The van der Waals surface area contributed by atoms with Crippen LogP contribution in [0.5, 0.6) is 0 Å². The molecule has 0 fully saturated rings. The zero-order valence-electron chi connectivity index (χ0n) is 8.20. The van der Waals surface area contributed by atoms with Crippen LogP contribution in [0.15, 0.2) is 24.3 Å². The molecule has 1 N–H and O–H groups in total. The van der Waals surface area contributed by atoms with Gasteiger partial charge >= 0.3 is 5.97 Å². The van der Waals surface area contributed by atoms with Crippen LogP contribution in [-0.2, 0) is 11.2 Å². The monoisotopic (exact) mass is 170 g/mol. The van der Waals surface area contributed by atoms with E-state index < -0.39 is 24.6 Å². The number of carboxylic acid groups (broad SMARTS) is 1. The van der Waals surface area contributed by atoms with Gasteiger partial charge in [-0.05, 0) is 24.1 Å². The fourth-order valence-corrected chi connectivity index (χ4v) is 0.741. The maximum Gasteiger partial charge on any atom is 0.303 e. The zero-order chi connectivity index (χ0) is 10.7. The average molecular weight is 170 g/mol. The van der Waals surface area contributed by atoms with E-state index in [1.807, 2.05) is 0 Å². The van der Waals surface area contributed by atoms with E-state index in [0.29, 0.717) is 5.56 Å². The maximum absolute atomic E-state index is 12.5. The topological polar surface area (TPSA) is 37.3 Å². The minimum atomic E-state index is -1.54. The number of aryl methyl sites for hydroxylation is 1. The number of carbonyl (C=O) groups is 1. The van der Waals surface area contributed by atoms with Crippen LogP contribution in [0.3, 0.4) is 0 Å². The Morgan fingerprint density at radius 2 is 2.08 bits per heavy atom. The lowest BCUT2D eigenvalue weighted by molar-refractivity contribution is -0.136. The summed E-state index contributed by atoms with van der Waals surface area (Å²) >= 11 is 0. The second-order valence-corrected chi connectivity index (χ2v) is 2.22. The van der Waals surface area contributed by atoms with Crippen LogP contribution < -0.4 is 0 Å². The fourth-order valence-electron chi connectivity index (χ4n) is 0.741. The summed E-state index contributed by atoms with van der Waals surface area (Å²) in [6, 6.07) is 4.92.